The van der Waals surface area contributed by atoms with E-state index in [9.17, 15) is 4.79 Å². The molecule has 0 aliphatic carbocycles. The van der Waals surface area contributed by atoms with Crippen LogP contribution < -0.4 is 5.46 Å². The van der Waals surface area contributed by atoms with Gasteiger partial charge in [0.1, 0.15) is 0 Å². The molecule has 1 fully saturated rings. The lowest BCUT2D eigenvalue weighted by Gasteiger charge is -2.07. The maximum absolute atomic E-state index is 10.8. The van der Waals surface area contributed by atoms with Gasteiger partial charge < -0.3 is 14.4 Å². The Labute approximate surface area is 91.9 Å². The first-order valence-electron chi connectivity index (χ1n) is 4.44. The van der Waals surface area contributed by atoms with Gasteiger partial charge in [-0.2, -0.15) is 0 Å². The van der Waals surface area contributed by atoms with Gasteiger partial charge in [0.05, 0.1) is 18.8 Å². The molecule has 78 valence electrons. The third-order valence-corrected chi connectivity index (χ3v) is 2.46. The predicted octanol–water partition coefficient (Wildman–Crippen LogP) is 0.780. The summed E-state index contributed by atoms with van der Waals surface area (Å²) in [6, 6.07) is 4.45. The van der Waals surface area contributed by atoms with Crippen molar-refractivity contribution in [2.45, 2.75) is 0 Å². The molecule has 1 saturated heterocycles. The molecule has 0 amide bonds. The van der Waals surface area contributed by atoms with Crippen molar-refractivity contribution in [3.05, 3.63) is 28.8 Å². The molecule has 0 unspecified atom stereocenters. The number of carbonyl (C=O) groups is 1. The van der Waals surface area contributed by atoms with Crippen LogP contribution in [0.2, 0.25) is 5.02 Å². The first kappa shape index (κ1) is 10.5. The molecule has 4 nitrogen and oxygen atoms in total. The molecule has 0 atom stereocenters. The van der Waals surface area contributed by atoms with E-state index < -0.39 is 13.1 Å². The minimum atomic E-state index is -0.995. The van der Waals surface area contributed by atoms with Gasteiger partial charge >= 0.3 is 13.1 Å². The molecular weight excluding hydrogens is 218 g/mol. The zero-order valence-corrected chi connectivity index (χ0v) is 8.53. The topological polar surface area (TPSA) is 55.8 Å². The fourth-order valence-corrected chi connectivity index (χ4v) is 1.60. The van der Waals surface area contributed by atoms with E-state index in [1.54, 1.807) is 0 Å². The maximum atomic E-state index is 10.8. The van der Waals surface area contributed by atoms with Crippen molar-refractivity contribution in [1.82, 2.24) is 0 Å². The number of rotatable bonds is 2. The molecule has 1 aromatic carbocycles. The van der Waals surface area contributed by atoms with Crippen LogP contribution in [0.3, 0.4) is 0 Å². The fraction of sp³-hybridized carbons (Fsp3) is 0.222. The molecule has 1 aliphatic heterocycles. The second-order valence-corrected chi connectivity index (χ2v) is 3.52. The summed E-state index contributed by atoms with van der Waals surface area (Å²) in [4.78, 5) is 10.8. The van der Waals surface area contributed by atoms with E-state index in [0.717, 1.165) is 0 Å². The molecule has 1 aromatic rings. The third-order valence-electron chi connectivity index (χ3n) is 2.12. The molecule has 1 heterocycles. The van der Waals surface area contributed by atoms with Crippen LogP contribution >= 0.6 is 11.6 Å². The first-order chi connectivity index (χ1) is 7.18. The number of carboxylic acids is 1. The quantitative estimate of drug-likeness (QED) is 0.757. The summed E-state index contributed by atoms with van der Waals surface area (Å²) in [5.41, 5.74) is 0.738. The van der Waals surface area contributed by atoms with Gasteiger partial charge in [-0.05, 0) is 18.2 Å². The highest BCUT2D eigenvalue weighted by atomic mass is 35.5. The van der Waals surface area contributed by atoms with Crippen molar-refractivity contribution in [1.29, 1.82) is 0 Å². The Hall–Kier alpha value is -1.04. The van der Waals surface area contributed by atoms with E-state index >= 15 is 0 Å². The van der Waals surface area contributed by atoms with E-state index in [1.807, 2.05) is 0 Å². The zero-order valence-electron chi connectivity index (χ0n) is 7.77. The summed E-state index contributed by atoms with van der Waals surface area (Å²) in [5, 5.41) is 9.27. The minimum Gasteiger partial charge on any atom is -0.478 e. The normalized spacial score (nSPS) is 15.7. The van der Waals surface area contributed by atoms with Gasteiger partial charge in [0.2, 0.25) is 0 Å². The highest BCUT2D eigenvalue weighted by Crippen LogP contribution is 2.12. The summed E-state index contributed by atoms with van der Waals surface area (Å²) < 4.78 is 10.5. The average molecular weight is 226 g/mol. The van der Waals surface area contributed by atoms with Crippen LogP contribution in [0.15, 0.2) is 18.2 Å². The Bertz CT molecular complexity index is 390. The van der Waals surface area contributed by atoms with E-state index in [2.05, 4.69) is 0 Å². The highest BCUT2D eigenvalue weighted by Gasteiger charge is 2.29. The van der Waals surface area contributed by atoms with E-state index in [4.69, 9.17) is 26.0 Å². The highest BCUT2D eigenvalue weighted by molar-refractivity contribution is 6.65. The monoisotopic (exact) mass is 226 g/mol. The van der Waals surface area contributed by atoms with Crippen molar-refractivity contribution < 1.29 is 19.2 Å². The van der Waals surface area contributed by atoms with Crippen molar-refractivity contribution >= 4 is 30.2 Å². The smallest absolute Gasteiger partial charge is 0.478 e. The Morgan fingerprint density at radius 3 is 2.67 bits per heavy atom. The van der Waals surface area contributed by atoms with E-state index in [0.29, 0.717) is 23.7 Å². The summed E-state index contributed by atoms with van der Waals surface area (Å²) in [5.74, 6) is -0.995. The lowest BCUT2D eigenvalue weighted by Crippen LogP contribution is -2.33. The van der Waals surface area contributed by atoms with Crippen LogP contribution in [0.1, 0.15) is 10.4 Å². The maximum Gasteiger partial charge on any atom is 0.495 e. The Balaban J connectivity index is 2.35. The van der Waals surface area contributed by atoms with Gasteiger partial charge in [-0.3, -0.25) is 0 Å². The largest absolute Gasteiger partial charge is 0.495 e. The Kier molecular flexibility index (Phi) is 2.95. The summed E-state index contributed by atoms with van der Waals surface area (Å²) in [7, 11) is -0.545. The van der Waals surface area contributed by atoms with Gasteiger partial charge in [0, 0.05) is 10.5 Å². The molecule has 0 bridgehead atoms. The van der Waals surface area contributed by atoms with Crippen molar-refractivity contribution in [2.24, 2.45) is 0 Å². The van der Waals surface area contributed by atoms with Crippen LogP contribution in [-0.4, -0.2) is 31.4 Å². The molecule has 0 saturated carbocycles. The second kappa shape index (κ2) is 4.22. The molecule has 1 aliphatic rings. The summed E-state index contributed by atoms with van der Waals surface area (Å²) >= 11 is 5.93. The number of benzene rings is 1. The molecule has 15 heavy (non-hydrogen) atoms. The lowest BCUT2D eigenvalue weighted by molar-refractivity contribution is 0.0697. The molecule has 0 aromatic heterocycles. The van der Waals surface area contributed by atoms with Crippen LogP contribution in [0.4, 0.5) is 0 Å². The Morgan fingerprint density at radius 2 is 2.07 bits per heavy atom. The Morgan fingerprint density at radius 1 is 1.40 bits per heavy atom. The molecule has 1 N–H and O–H groups in total. The van der Waals surface area contributed by atoms with Crippen molar-refractivity contribution in [3.8, 4) is 0 Å². The van der Waals surface area contributed by atoms with Gasteiger partial charge in [0.15, 0.2) is 0 Å². The van der Waals surface area contributed by atoms with Crippen molar-refractivity contribution in [3.63, 3.8) is 0 Å². The first-order valence-corrected chi connectivity index (χ1v) is 4.82. The van der Waals surface area contributed by atoms with Gasteiger partial charge in [-0.15, -0.1) is 0 Å². The molecule has 2 rings (SSSR count). The van der Waals surface area contributed by atoms with Gasteiger partial charge in [-0.25, -0.2) is 4.79 Å². The van der Waals surface area contributed by atoms with Gasteiger partial charge in [0.25, 0.3) is 0 Å². The van der Waals surface area contributed by atoms with Crippen molar-refractivity contribution in [2.75, 3.05) is 13.2 Å². The predicted molar refractivity (Wildman–Crippen MR) is 55.7 cm³/mol. The molecule has 0 spiro atoms. The number of hydrogen-bond donors (Lipinski definition) is 1. The number of hydrogen-bond acceptors (Lipinski definition) is 3. The standard InChI is InChI=1S/C9H8BClO4/c11-8-2-1-6(9(12)13)5-7(8)10-14-3-4-15-10/h1-2,5H,3-4H2,(H,12,13). The number of carboxylic acid groups (broad SMARTS) is 1. The molecular formula is C9H8BClO4. The molecule has 6 heteroatoms. The minimum absolute atomic E-state index is 0.175. The van der Waals surface area contributed by atoms with Crippen LogP contribution in [0.5, 0.6) is 0 Å². The summed E-state index contributed by atoms with van der Waals surface area (Å²) in [6.07, 6.45) is 0. The van der Waals surface area contributed by atoms with Gasteiger partial charge in [-0.1, -0.05) is 11.6 Å². The SMILES string of the molecule is O=C(O)c1ccc(Cl)c(B2OCCO2)c1. The number of aromatic carboxylic acids is 1. The van der Waals surface area contributed by atoms with Crippen LogP contribution in [-0.2, 0) is 9.31 Å². The number of halogens is 1. The second-order valence-electron chi connectivity index (χ2n) is 3.11. The average Bonchev–Trinajstić information content (AvgIpc) is 2.71. The summed E-state index contributed by atoms with van der Waals surface area (Å²) in [6.45, 7) is 0.997. The lowest BCUT2D eigenvalue weighted by atomic mass is 9.78. The van der Waals surface area contributed by atoms with Crippen LogP contribution in [0.25, 0.3) is 0 Å². The molecule has 0 radical (unpaired) electrons. The van der Waals surface area contributed by atoms with E-state index in [1.165, 1.54) is 18.2 Å². The van der Waals surface area contributed by atoms with Crippen LogP contribution in [0, 0.1) is 0 Å². The zero-order chi connectivity index (χ0) is 10.8. The fourth-order valence-electron chi connectivity index (χ4n) is 1.40. The van der Waals surface area contributed by atoms with E-state index in [-0.39, 0.29) is 5.56 Å². The third kappa shape index (κ3) is 2.14.